The van der Waals surface area contributed by atoms with Gasteiger partial charge in [-0.05, 0) is 72.6 Å². The SMILES string of the molecule is O=C(Nc1ccc(Cl)cc1C(=O)c1ccccc1)c1ccc2c(c1)CCN2S(=O)(=O)c1ccc(Cl)cc1. The van der Waals surface area contributed by atoms with E-state index in [1.54, 1.807) is 54.6 Å². The number of ketones is 1. The van der Waals surface area contributed by atoms with Crippen molar-refractivity contribution >= 4 is 56.3 Å². The first-order chi connectivity index (χ1) is 17.7. The number of carbonyl (C=O) groups excluding carboxylic acids is 2. The minimum Gasteiger partial charge on any atom is -0.321 e. The minimum atomic E-state index is -3.77. The Morgan fingerprint density at radius 1 is 0.784 bits per heavy atom. The van der Waals surface area contributed by atoms with Crippen molar-refractivity contribution in [3.8, 4) is 0 Å². The summed E-state index contributed by atoms with van der Waals surface area (Å²) in [5.41, 5.74) is 2.68. The second-order valence-electron chi connectivity index (χ2n) is 8.46. The maximum Gasteiger partial charge on any atom is 0.264 e. The van der Waals surface area contributed by atoms with Gasteiger partial charge in [0.1, 0.15) is 0 Å². The first-order valence-electron chi connectivity index (χ1n) is 11.4. The third-order valence-corrected chi connectivity index (χ3v) is 8.42. The summed E-state index contributed by atoms with van der Waals surface area (Å²) in [5, 5.41) is 3.63. The fourth-order valence-corrected chi connectivity index (χ4v) is 6.05. The lowest BCUT2D eigenvalue weighted by Crippen LogP contribution is -2.29. The predicted octanol–water partition coefficient (Wildman–Crippen LogP) is 6.23. The van der Waals surface area contributed by atoms with Crippen molar-refractivity contribution in [2.24, 2.45) is 0 Å². The van der Waals surface area contributed by atoms with Gasteiger partial charge < -0.3 is 5.32 Å². The summed E-state index contributed by atoms with van der Waals surface area (Å²) in [6.07, 6.45) is 0.460. The average Bonchev–Trinajstić information content (AvgIpc) is 3.34. The van der Waals surface area contributed by atoms with Gasteiger partial charge in [-0.25, -0.2) is 8.42 Å². The van der Waals surface area contributed by atoms with E-state index in [-0.39, 0.29) is 22.8 Å². The van der Waals surface area contributed by atoms with Crippen LogP contribution in [0.3, 0.4) is 0 Å². The van der Waals surface area contributed by atoms with Crippen LogP contribution in [-0.4, -0.2) is 26.7 Å². The fraction of sp³-hybridized carbons (Fsp3) is 0.0714. The van der Waals surface area contributed by atoms with Gasteiger partial charge in [0.05, 0.1) is 16.3 Å². The number of halogens is 2. The van der Waals surface area contributed by atoms with E-state index in [1.807, 2.05) is 6.07 Å². The summed E-state index contributed by atoms with van der Waals surface area (Å²) >= 11 is 12.0. The summed E-state index contributed by atoms with van der Waals surface area (Å²) in [6.45, 7) is 0.262. The zero-order chi connectivity index (χ0) is 26.2. The van der Waals surface area contributed by atoms with Gasteiger partial charge in [0.15, 0.2) is 5.78 Å². The van der Waals surface area contributed by atoms with Gasteiger partial charge in [0, 0.05) is 33.3 Å². The molecule has 1 N–H and O–H groups in total. The lowest BCUT2D eigenvalue weighted by molar-refractivity contribution is 0.102. The molecule has 186 valence electrons. The van der Waals surface area contributed by atoms with Crippen molar-refractivity contribution < 1.29 is 18.0 Å². The lowest BCUT2D eigenvalue weighted by Gasteiger charge is -2.20. The molecular formula is C28H20Cl2N2O4S. The summed E-state index contributed by atoms with van der Waals surface area (Å²) in [5.74, 6) is -0.693. The zero-order valence-electron chi connectivity index (χ0n) is 19.3. The number of hydrogen-bond donors (Lipinski definition) is 1. The maximum atomic E-state index is 13.2. The molecule has 0 saturated carbocycles. The highest BCUT2D eigenvalue weighted by molar-refractivity contribution is 7.92. The van der Waals surface area contributed by atoms with Crippen LogP contribution in [0.1, 0.15) is 31.8 Å². The Hall–Kier alpha value is -3.65. The highest BCUT2D eigenvalue weighted by atomic mass is 35.5. The van der Waals surface area contributed by atoms with Crippen molar-refractivity contribution in [1.29, 1.82) is 0 Å². The standard InChI is InChI=1S/C28H20Cl2N2O4S/c29-21-7-10-23(11-8-21)37(35,36)32-15-14-19-16-20(6-13-26(19)32)28(34)31-25-12-9-22(30)17-24(25)27(33)18-4-2-1-3-5-18/h1-13,16-17H,14-15H2,(H,31,34). The monoisotopic (exact) mass is 550 g/mol. The number of hydrogen-bond acceptors (Lipinski definition) is 4. The van der Waals surface area contributed by atoms with Gasteiger partial charge in [-0.3, -0.25) is 13.9 Å². The van der Waals surface area contributed by atoms with Crippen LogP contribution in [0.4, 0.5) is 11.4 Å². The number of fused-ring (bicyclic) bond motifs is 1. The van der Waals surface area contributed by atoms with E-state index in [1.165, 1.54) is 34.6 Å². The Labute approximate surface area is 224 Å². The lowest BCUT2D eigenvalue weighted by atomic mass is 10.0. The van der Waals surface area contributed by atoms with E-state index in [0.717, 1.165) is 5.56 Å². The van der Waals surface area contributed by atoms with Gasteiger partial charge >= 0.3 is 0 Å². The second kappa shape index (κ2) is 10.0. The summed E-state index contributed by atoms with van der Waals surface area (Å²) < 4.78 is 27.7. The minimum absolute atomic E-state index is 0.143. The van der Waals surface area contributed by atoms with Crippen molar-refractivity contribution in [2.75, 3.05) is 16.2 Å². The van der Waals surface area contributed by atoms with E-state index in [4.69, 9.17) is 23.2 Å². The normalized spacial score (nSPS) is 12.8. The molecule has 4 aromatic carbocycles. The Kier molecular flexibility index (Phi) is 6.77. The topological polar surface area (TPSA) is 83.6 Å². The number of carbonyl (C=O) groups is 2. The van der Waals surface area contributed by atoms with Crippen LogP contribution in [-0.2, 0) is 16.4 Å². The predicted molar refractivity (Wildman–Crippen MR) is 145 cm³/mol. The van der Waals surface area contributed by atoms with E-state index >= 15 is 0 Å². The number of nitrogens with zero attached hydrogens (tertiary/aromatic N) is 1. The van der Waals surface area contributed by atoms with E-state index in [2.05, 4.69) is 5.32 Å². The molecule has 5 rings (SSSR count). The molecule has 6 nitrogen and oxygen atoms in total. The molecule has 0 radical (unpaired) electrons. The smallest absolute Gasteiger partial charge is 0.264 e. The summed E-state index contributed by atoms with van der Waals surface area (Å²) in [6, 6.07) is 24.3. The summed E-state index contributed by atoms with van der Waals surface area (Å²) in [4.78, 5) is 26.4. The molecular weight excluding hydrogens is 531 g/mol. The van der Waals surface area contributed by atoms with Crippen LogP contribution in [0.2, 0.25) is 10.0 Å². The number of sulfonamides is 1. The molecule has 0 unspecified atom stereocenters. The van der Waals surface area contributed by atoms with Crippen LogP contribution in [0, 0.1) is 0 Å². The molecule has 1 aliphatic rings. The molecule has 9 heteroatoms. The van der Waals surface area contributed by atoms with Crippen LogP contribution in [0.5, 0.6) is 0 Å². The molecule has 1 amide bonds. The van der Waals surface area contributed by atoms with Crippen LogP contribution >= 0.6 is 23.2 Å². The molecule has 4 aromatic rings. The van der Waals surface area contributed by atoms with Gasteiger partial charge in [0.25, 0.3) is 15.9 Å². The van der Waals surface area contributed by atoms with Crippen LogP contribution in [0.25, 0.3) is 0 Å². The molecule has 0 saturated heterocycles. The van der Waals surface area contributed by atoms with Gasteiger partial charge in [-0.15, -0.1) is 0 Å². The molecule has 1 aliphatic heterocycles. The highest BCUT2D eigenvalue weighted by Crippen LogP contribution is 2.34. The number of rotatable bonds is 6. The van der Waals surface area contributed by atoms with Crippen LogP contribution < -0.4 is 9.62 Å². The zero-order valence-corrected chi connectivity index (χ0v) is 21.6. The molecule has 37 heavy (non-hydrogen) atoms. The first-order valence-corrected chi connectivity index (χ1v) is 13.6. The van der Waals surface area contributed by atoms with Gasteiger partial charge in [-0.2, -0.15) is 0 Å². The van der Waals surface area contributed by atoms with Crippen molar-refractivity contribution in [1.82, 2.24) is 0 Å². The second-order valence-corrected chi connectivity index (χ2v) is 11.2. The number of amides is 1. The number of benzene rings is 4. The number of anilines is 2. The molecule has 0 aliphatic carbocycles. The Morgan fingerprint density at radius 2 is 1.49 bits per heavy atom. The van der Waals surface area contributed by atoms with Crippen molar-refractivity contribution in [3.05, 3.63) is 123 Å². The van der Waals surface area contributed by atoms with Crippen molar-refractivity contribution in [2.45, 2.75) is 11.3 Å². The highest BCUT2D eigenvalue weighted by Gasteiger charge is 2.31. The summed E-state index contributed by atoms with van der Waals surface area (Å²) in [7, 11) is -3.77. The average molecular weight is 551 g/mol. The Morgan fingerprint density at radius 3 is 2.22 bits per heavy atom. The number of nitrogens with one attached hydrogen (secondary N) is 1. The largest absolute Gasteiger partial charge is 0.321 e. The Balaban J connectivity index is 1.40. The van der Waals surface area contributed by atoms with Crippen molar-refractivity contribution in [3.63, 3.8) is 0 Å². The molecule has 1 heterocycles. The molecule has 0 fully saturated rings. The van der Waals surface area contributed by atoms with Gasteiger partial charge in [0.2, 0.25) is 0 Å². The van der Waals surface area contributed by atoms with E-state index in [0.29, 0.717) is 39.0 Å². The quantitative estimate of drug-likeness (QED) is 0.288. The van der Waals surface area contributed by atoms with Crippen LogP contribution in [0.15, 0.2) is 95.9 Å². The molecule has 0 atom stereocenters. The Bertz CT molecular complexity index is 1620. The first kappa shape index (κ1) is 25.0. The van der Waals surface area contributed by atoms with Gasteiger partial charge in [-0.1, -0.05) is 53.5 Å². The van der Waals surface area contributed by atoms with E-state index < -0.39 is 15.9 Å². The van der Waals surface area contributed by atoms with E-state index in [9.17, 15) is 18.0 Å². The molecule has 0 spiro atoms. The third-order valence-electron chi connectivity index (χ3n) is 6.11. The molecule has 0 aromatic heterocycles. The maximum absolute atomic E-state index is 13.2. The fourth-order valence-electron chi connectivity index (χ4n) is 4.25. The third kappa shape index (κ3) is 4.98. The molecule has 0 bridgehead atoms.